The van der Waals surface area contributed by atoms with Gasteiger partial charge in [-0.3, -0.25) is 14.5 Å². The number of fused-ring (bicyclic) bond motifs is 1. The zero-order valence-electron chi connectivity index (χ0n) is 21.2. The fourth-order valence-electron chi connectivity index (χ4n) is 6.36. The molecule has 1 aromatic heterocycles. The van der Waals surface area contributed by atoms with Gasteiger partial charge in [0.05, 0.1) is 12.1 Å². The van der Waals surface area contributed by atoms with Crippen LogP contribution in [0.1, 0.15) is 73.1 Å². The summed E-state index contributed by atoms with van der Waals surface area (Å²) < 4.78 is 0. The number of benzene rings is 1. The lowest BCUT2D eigenvalue weighted by Gasteiger charge is -2.41. The van der Waals surface area contributed by atoms with Crippen molar-refractivity contribution in [3.05, 3.63) is 57.3 Å². The van der Waals surface area contributed by atoms with Crippen LogP contribution >= 0.6 is 11.3 Å². The van der Waals surface area contributed by atoms with E-state index in [9.17, 15) is 9.59 Å². The van der Waals surface area contributed by atoms with Crippen LogP contribution in [0.3, 0.4) is 0 Å². The van der Waals surface area contributed by atoms with Gasteiger partial charge in [-0.05, 0) is 67.7 Å². The number of thiophene rings is 1. The molecule has 2 amide bonds. The van der Waals surface area contributed by atoms with Crippen LogP contribution in [0, 0.1) is 12.8 Å². The van der Waals surface area contributed by atoms with E-state index < -0.39 is 0 Å². The van der Waals surface area contributed by atoms with Crippen LogP contribution < -0.4 is 0 Å². The predicted molar refractivity (Wildman–Crippen MR) is 142 cm³/mol. The number of hydrogen-bond acceptors (Lipinski definition) is 4. The molecule has 0 spiro atoms. The number of nitrogens with zero attached hydrogens (tertiary/aromatic N) is 3. The van der Waals surface area contributed by atoms with Crippen molar-refractivity contribution in [1.82, 2.24) is 14.7 Å². The Bertz CT molecular complexity index is 1040. The molecule has 2 atom stereocenters. The molecule has 1 aromatic carbocycles. The summed E-state index contributed by atoms with van der Waals surface area (Å²) >= 11 is 1.84. The smallest absolute Gasteiger partial charge is 0.239 e. The Balaban J connectivity index is 1.30. The third-order valence-corrected chi connectivity index (χ3v) is 9.41. The Labute approximate surface area is 214 Å². The maximum atomic E-state index is 13.8. The molecule has 188 valence electrons. The highest BCUT2D eigenvalue weighted by molar-refractivity contribution is 7.10. The molecule has 5 rings (SSSR count). The van der Waals surface area contributed by atoms with E-state index in [4.69, 9.17) is 0 Å². The van der Waals surface area contributed by atoms with E-state index in [0.29, 0.717) is 19.0 Å². The molecule has 1 saturated heterocycles. The monoisotopic (exact) mass is 493 g/mol. The van der Waals surface area contributed by atoms with Crippen molar-refractivity contribution in [1.29, 1.82) is 0 Å². The quantitative estimate of drug-likeness (QED) is 0.600. The van der Waals surface area contributed by atoms with Gasteiger partial charge in [-0.15, -0.1) is 11.3 Å². The molecular weight excluding hydrogens is 454 g/mol. The fraction of sp³-hybridized carbons (Fsp3) is 0.586. The van der Waals surface area contributed by atoms with Gasteiger partial charge in [-0.2, -0.15) is 0 Å². The second-order valence-corrected chi connectivity index (χ2v) is 11.6. The van der Waals surface area contributed by atoms with Crippen LogP contribution in [0.2, 0.25) is 0 Å². The molecule has 5 nitrogen and oxygen atoms in total. The van der Waals surface area contributed by atoms with Gasteiger partial charge in [0.1, 0.15) is 0 Å². The van der Waals surface area contributed by atoms with Gasteiger partial charge in [0.15, 0.2) is 0 Å². The number of carbonyl (C=O) groups excluding carboxylic acids is 2. The third-order valence-electron chi connectivity index (χ3n) is 8.41. The lowest BCUT2D eigenvalue weighted by molar-refractivity contribution is -0.139. The van der Waals surface area contributed by atoms with Crippen LogP contribution in [0.15, 0.2) is 35.7 Å². The van der Waals surface area contributed by atoms with Gasteiger partial charge in [-0.1, -0.05) is 43.5 Å². The number of amides is 2. The highest BCUT2D eigenvalue weighted by Crippen LogP contribution is 2.40. The summed E-state index contributed by atoms with van der Waals surface area (Å²) in [5, 5.41) is 2.19. The molecule has 35 heavy (non-hydrogen) atoms. The lowest BCUT2D eigenvalue weighted by Crippen LogP contribution is -2.51. The molecule has 0 radical (unpaired) electrons. The Kier molecular flexibility index (Phi) is 7.59. The van der Waals surface area contributed by atoms with E-state index in [1.807, 2.05) is 21.1 Å². The minimum atomic E-state index is -0.201. The molecule has 3 aliphatic rings. The number of rotatable bonds is 4. The summed E-state index contributed by atoms with van der Waals surface area (Å²) in [6.45, 7) is 7.98. The zero-order chi connectivity index (χ0) is 24.4. The summed E-state index contributed by atoms with van der Waals surface area (Å²) in [4.78, 5) is 34.9. The third kappa shape index (κ3) is 5.05. The van der Waals surface area contributed by atoms with Crippen molar-refractivity contribution in [3.8, 4) is 0 Å². The molecule has 0 bridgehead atoms. The first-order valence-electron chi connectivity index (χ1n) is 13.5. The minimum absolute atomic E-state index is 0.113. The fourth-order valence-corrected chi connectivity index (χ4v) is 7.27. The minimum Gasteiger partial charge on any atom is -0.341 e. The highest BCUT2D eigenvalue weighted by atomic mass is 32.1. The van der Waals surface area contributed by atoms with E-state index in [0.717, 1.165) is 45.3 Å². The maximum Gasteiger partial charge on any atom is 0.239 e. The number of aryl methyl sites for hydroxylation is 1. The molecule has 6 heteroatoms. The summed E-state index contributed by atoms with van der Waals surface area (Å²) in [6, 6.07) is 10.8. The molecule has 0 unspecified atom stereocenters. The van der Waals surface area contributed by atoms with Gasteiger partial charge in [0.2, 0.25) is 11.8 Å². The van der Waals surface area contributed by atoms with Gasteiger partial charge < -0.3 is 9.80 Å². The van der Waals surface area contributed by atoms with Crippen LogP contribution in [0.25, 0.3) is 0 Å². The van der Waals surface area contributed by atoms with Crippen LogP contribution in [0.5, 0.6) is 0 Å². The van der Waals surface area contributed by atoms with Crippen molar-refractivity contribution >= 4 is 23.2 Å². The van der Waals surface area contributed by atoms with E-state index in [1.54, 1.807) is 0 Å². The molecule has 3 heterocycles. The standard InChI is InChI=1S/C29H39N3O2S/c1-21-9-6-7-12-24(21)27-25-14-20-35-26(25)13-17-32(27)22(2)28(33)30-15-8-16-31(19-18-30)29(34)23-10-4-3-5-11-23/h6-7,9,12,14,20,22-23,27H,3-5,8,10-11,13,15-19H2,1-2H3/t22-,27+/m0/s1. The summed E-state index contributed by atoms with van der Waals surface area (Å²) in [5.74, 6) is 0.731. The van der Waals surface area contributed by atoms with Crippen LogP contribution in [-0.4, -0.2) is 65.3 Å². The summed E-state index contributed by atoms with van der Waals surface area (Å²) in [7, 11) is 0. The van der Waals surface area contributed by atoms with Crippen LogP contribution in [0.4, 0.5) is 0 Å². The molecule has 1 saturated carbocycles. The molecule has 1 aliphatic carbocycles. The average molecular weight is 494 g/mol. The van der Waals surface area contributed by atoms with Gasteiger partial charge in [0.25, 0.3) is 0 Å². The van der Waals surface area contributed by atoms with Crippen molar-refractivity contribution in [2.75, 3.05) is 32.7 Å². The van der Waals surface area contributed by atoms with E-state index in [-0.39, 0.29) is 23.9 Å². The summed E-state index contributed by atoms with van der Waals surface area (Å²) in [5.41, 5.74) is 3.93. The molecule has 2 fully saturated rings. The van der Waals surface area contributed by atoms with E-state index in [1.165, 1.54) is 40.8 Å². The first kappa shape index (κ1) is 24.5. The van der Waals surface area contributed by atoms with Crippen molar-refractivity contribution in [3.63, 3.8) is 0 Å². The average Bonchev–Trinajstić information content (AvgIpc) is 3.24. The molecule has 2 aliphatic heterocycles. The van der Waals surface area contributed by atoms with Crippen LogP contribution in [-0.2, 0) is 16.0 Å². The van der Waals surface area contributed by atoms with Gasteiger partial charge >= 0.3 is 0 Å². The highest BCUT2D eigenvalue weighted by Gasteiger charge is 2.37. The first-order valence-corrected chi connectivity index (χ1v) is 14.4. The Morgan fingerprint density at radius 2 is 1.63 bits per heavy atom. The van der Waals surface area contributed by atoms with Crippen molar-refractivity contribution in [2.24, 2.45) is 5.92 Å². The Morgan fingerprint density at radius 1 is 0.886 bits per heavy atom. The van der Waals surface area contributed by atoms with Gasteiger partial charge in [-0.25, -0.2) is 0 Å². The predicted octanol–water partition coefficient (Wildman–Crippen LogP) is 5.03. The van der Waals surface area contributed by atoms with E-state index >= 15 is 0 Å². The largest absolute Gasteiger partial charge is 0.341 e. The zero-order valence-corrected chi connectivity index (χ0v) is 22.1. The molecular formula is C29H39N3O2S. The second kappa shape index (κ2) is 10.8. The Morgan fingerprint density at radius 3 is 2.43 bits per heavy atom. The number of hydrogen-bond donors (Lipinski definition) is 0. The summed E-state index contributed by atoms with van der Waals surface area (Å²) in [6.07, 6.45) is 7.55. The lowest BCUT2D eigenvalue weighted by atomic mass is 9.88. The SMILES string of the molecule is Cc1ccccc1[C@@H]1c2ccsc2CCN1[C@@H](C)C(=O)N1CCCN(C(=O)C2CCCCC2)CC1. The second-order valence-electron chi connectivity index (χ2n) is 10.6. The maximum absolute atomic E-state index is 13.8. The molecule has 0 N–H and O–H groups in total. The van der Waals surface area contributed by atoms with E-state index in [2.05, 4.69) is 54.5 Å². The number of carbonyl (C=O) groups is 2. The van der Waals surface area contributed by atoms with Crippen molar-refractivity contribution < 1.29 is 9.59 Å². The topological polar surface area (TPSA) is 43.9 Å². The molecule has 2 aromatic rings. The first-order chi connectivity index (χ1) is 17.0. The van der Waals surface area contributed by atoms with Crippen molar-refractivity contribution in [2.45, 2.75) is 70.9 Å². The van der Waals surface area contributed by atoms with Gasteiger partial charge in [0, 0.05) is 43.5 Å². The Hall–Kier alpha value is -2.18. The normalized spacial score (nSPS) is 23.0.